The van der Waals surface area contributed by atoms with Crippen LogP contribution in [0.2, 0.25) is 0 Å². The smallest absolute Gasteiger partial charge is 0.277 e. The Morgan fingerprint density at radius 3 is 2.91 bits per heavy atom. The summed E-state index contributed by atoms with van der Waals surface area (Å²) in [6.45, 7) is 3.93. The normalized spacial score (nSPS) is 19.7. The van der Waals surface area contributed by atoms with Gasteiger partial charge in [-0.05, 0) is 54.5 Å². The van der Waals surface area contributed by atoms with Gasteiger partial charge in [-0.15, -0.1) is 21.5 Å². The summed E-state index contributed by atoms with van der Waals surface area (Å²) in [7, 11) is -3.51. The molecule has 2 aromatic heterocycles. The van der Waals surface area contributed by atoms with Gasteiger partial charge in [0.2, 0.25) is 10.0 Å². The van der Waals surface area contributed by atoms with Gasteiger partial charge >= 0.3 is 0 Å². The fourth-order valence-corrected chi connectivity index (χ4v) is 7.37. The highest BCUT2D eigenvalue weighted by Gasteiger charge is 2.26. The van der Waals surface area contributed by atoms with Crippen LogP contribution < -0.4 is 0 Å². The van der Waals surface area contributed by atoms with Crippen LogP contribution in [-0.4, -0.2) is 49.2 Å². The van der Waals surface area contributed by atoms with Crippen molar-refractivity contribution in [3.63, 3.8) is 0 Å². The van der Waals surface area contributed by atoms with Crippen molar-refractivity contribution in [1.29, 1.82) is 0 Å². The molecular weight excluding hydrogens is 466 g/mol. The van der Waals surface area contributed by atoms with Crippen molar-refractivity contribution < 1.29 is 17.6 Å². The van der Waals surface area contributed by atoms with Crippen LogP contribution in [0.5, 0.6) is 0 Å². The monoisotopic (exact) mass is 491 g/mol. The van der Waals surface area contributed by atoms with Crippen LogP contribution in [0.25, 0.3) is 10.8 Å². The number of thiophene rings is 1. The lowest BCUT2D eigenvalue weighted by Gasteiger charge is -2.26. The number of aromatic nitrogens is 2. The largest absolute Gasteiger partial charge is 0.410 e. The predicted octanol–water partition coefficient (Wildman–Crippen LogP) is 4.24. The summed E-state index contributed by atoms with van der Waals surface area (Å²) in [4.78, 5) is 2.77. The lowest BCUT2D eigenvalue weighted by atomic mass is 9.90. The molecule has 10 heteroatoms. The minimum Gasteiger partial charge on any atom is -0.410 e. The first-order valence-electron chi connectivity index (χ1n) is 10.7. The Hall–Kier alpha value is -1.72. The molecule has 0 bridgehead atoms. The number of sulfonamides is 1. The Balaban J connectivity index is 1.26. The van der Waals surface area contributed by atoms with E-state index in [9.17, 15) is 8.42 Å². The van der Waals surface area contributed by atoms with Crippen molar-refractivity contribution in [2.45, 2.75) is 42.1 Å². The fraction of sp³-hybridized carbons (Fsp3) is 0.455. The van der Waals surface area contributed by atoms with Crippen LogP contribution in [0.1, 0.15) is 29.3 Å². The lowest BCUT2D eigenvalue weighted by molar-refractivity contribution is 0.0730. The number of benzene rings is 1. The Bertz CT molecular complexity index is 1200. The van der Waals surface area contributed by atoms with Gasteiger partial charge in [0, 0.05) is 23.7 Å². The zero-order valence-corrected chi connectivity index (χ0v) is 20.3. The number of fused-ring (bicyclic) bond motifs is 1. The number of hydrogen-bond donors (Lipinski definition) is 0. The highest BCUT2D eigenvalue weighted by molar-refractivity contribution is 7.98. The lowest BCUT2D eigenvalue weighted by Crippen LogP contribution is -2.40. The molecule has 0 spiro atoms. The summed E-state index contributed by atoms with van der Waals surface area (Å²) >= 11 is 3.17. The molecule has 3 heterocycles. The van der Waals surface area contributed by atoms with E-state index in [4.69, 9.17) is 9.15 Å². The van der Waals surface area contributed by atoms with E-state index in [1.54, 1.807) is 29.5 Å². The Morgan fingerprint density at radius 2 is 2.06 bits per heavy atom. The second-order valence-corrected chi connectivity index (χ2v) is 12.2. The first-order valence-corrected chi connectivity index (χ1v) is 14.0. The minimum atomic E-state index is -3.51. The molecule has 32 heavy (non-hydrogen) atoms. The van der Waals surface area contributed by atoms with Crippen LogP contribution in [0.15, 0.2) is 44.9 Å². The molecular formula is C22H25N3O4S3. The van der Waals surface area contributed by atoms with Crippen LogP contribution in [0, 0.1) is 5.92 Å². The number of rotatable bonds is 6. The maximum absolute atomic E-state index is 12.9. The van der Waals surface area contributed by atoms with Crippen molar-refractivity contribution in [1.82, 2.24) is 14.5 Å². The second kappa shape index (κ2) is 9.26. The van der Waals surface area contributed by atoms with Crippen LogP contribution in [0.3, 0.4) is 0 Å². The number of ether oxygens (including phenoxy) is 1. The van der Waals surface area contributed by atoms with E-state index in [0.717, 1.165) is 29.2 Å². The standard InChI is InChI=1S/C22H25N3O4S3/c1-15-5-6-19-17(11-15)13-20(31-19)21-23-24-22(29-21)30-14-16-3-2-4-18(12-16)32(26,27)25-7-9-28-10-8-25/h2-4,12-13,15H,5-11,14H2,1H3/t15-/m0/s1. The van der Waals surface area contributed by atoms with Crippen molar-refractivity contribution in [3.8, 4) is 10.8 Å². The summed E-state index contributed by atoms with van der Waals surface area (Å²) in [6, 6.07) is 9.25. The van der Waals surface area contributed by atoms with E-state index in [-0.39, 0.29) is 0 Å². The SMILES string of the molecule is C[C@H]1CCc2sc(-c3nnc(SCc4cccc(S(=O)(=O)N5CCOCC5)c4)o3)cc2C1. The average Bonchev–Trinajstić information content (AvgIpc) is 3.45. The average molecular weight is 492 g/mol. The quantitative estimate of drug-likeness (QED) is 0.477. The molecule has 1 fully saturated rings. The number of hydrogen-bond acceptors (Lipinski definition) is 8. The molecule has 0 unspecified atom stereocenters. The zero-order valence-electron chi connectivity index (χ0n) is 17.8. The number of nitrogens with zero attached hydrogens (tertiary/aromatic N) is 3. The molecule has 1 saturated heterocycles. The number of thioether (sulfide) groups is 1. The van der Waals surface area contributed by atoms with E-state index < -0.39 is 10.0 Å². The van der Waals surface area contributed by atoms with Crippen molar-refractivity contribution >= 4 is 33.1 Å². The molecule has 0 amide bonds. The van der Waals surface area contributed by atoms with E-state index in [1.807, 2.05) is 6.07 Å². The molecule has 7 nitrogen and oxygen atoms in total. The van der Waals surface area contributed by atoms with Gasteiger partial charge in [-0.1, -0.05) is 30.8 Å². The molecule has 170 valence electrons. The van der Waals surface area contributed by atoms with Gasteiger partial charge in [0.05, 0.1) is 23.0 Å². The summed E-state index contributed by atoms with van der Waals surface area (Å²) in [5, 5.41) is 8.91. The van der Waals surface area contributed by atoms with Crippen LogP contribution in [0.4, 0.5) is 0 Å². The molecule has 1 aliphatic carbocycles. The molecule has 1 aliphatic heterocycles. The van der Waals surface area contributed by atoms with Gasteiger partial charge in [0.1, 0.15) is 0 Å². The van der Waals surface area contributed by atoms with E-state index in [1.165, 1.54) is 32.9 Å². The number of morpholine rings is 1. The first-order chi connectivity index (χ1) is 15.5. The molecule has 1 aromatic carbocycles. The van der Waals surface area contributed by atoms with E-state index in [0.29, 0.717) is 48.1 Å². The third-order valence-corrected chi connectivity index (χ3v) is 9.82. The molecule has 2 aliphatic rings. The van der Waals surface area contributed by atoms with Gasteiger partial charge in [0.25, 0.3) is 11.1 Å². The fourth-order valence-electron chi connectivity index (χ4n) is 4.06. The molecule has 0 radical (unpaired) electrons. The van der Waals surface area contributed by atoms with Crippen molar-refractivity contribution in [2.24, 2.45) is 5.92 Å². The Kier molecular flexibility index (Phi) is 6.39. The van der Waals surface area contributed by atoms with Crippen molar-refractivity contribution in [2.75, 3.05) is 26.3 Å². The topological polar surface area (TPSA) is 85.5 Å². The van der Waals surface area contributed by atoms with Gasteiger partial charge < -0.3 is 9.15 Å². The molecule has 5 rings (SSSR count). The van der Waals surface area contributed by atoms with Crippen LogP contribution in [-0.2, 0) is 33.4 Å². The van der Waals surface area contributed by atoms with Gasteiger partial charge in [-0.2, -0.15) is 4.31 Å². The Morgan fingerprint density at radius 1 is 1.22 bits per heavy atom. The van der Waals surface area contributed by atoms with E-state index >= 15 is 0 Å². The first kappa shape index (κ1) is 22.1. The maximum atomic E-state index is 12.9. The second-order valence-electron chi connectivity index (χ2n) is 8.23. The van der Waals surface area contributed by atoms with Gasteiger partial charge in [-0.3, -0.25) is 0 Å². The Labute approximate surface area is 196 Å². The van der Waals surface area contributed by atoms with Gasteiger partial charge in [0.15, 0.2) is 0 Å². The zero-order chi connectivity index (χ0) is 22.1. The molecule has 0 N–H and O–H groups in total. The predicted molar refractivity (Wildman–Crippen MR) is 124 cm³/mol. The maximum Gasteiger partial charge on any atom is 0.277 e. The van der Waals surface area contributed by atoms with Gasteiger partial charge in [-0.25, -0.2) is 8.42 Å². The summed E-state index contributed by atoms with van der Waals surface area (Å²) in [5.74, 6) is 1.83. The third-order valence-electron chi connectivity index (χ3n) is 5.82. The summed E-state index contributed by atoms with van der Waals surface area (Å²) in [6.07, 6.45) is 3.48. The minimum absolute atomic E-state index is 0.308. The van der Waals surface area contributed by atoms with E-state index in [2.05, 4.69) is 23.2 Å². The molecule has 1 atom stereocenters. The summed E-state index contributed by atoms with van der Waals surface area (Å²) < 4.78 is 38.5. The highest BCUT2D eigenvalue weighted by Crippen LogP contribution is 2.37. The molecule has 0 saturated carbocycles. The summed E-state index contributed by atoms with van der Waals surface area (Å²) in [5.41, 5.74) is 2.30. The highest BCUT2D eigenvalue weighted by atomic mass is 32.2. The number of aryl methyl sites for hydroxylation is 1. The van der Waals surface area contributed by atoms with Crippen LogP contribution >= 0.6 is 23.1 Å². The molecule has 3 aromatic rings. The third kappa shape index (κ3) is 4.65. The van der Waals surface area contributed by atoms with Crippen molar-refractivity contribution in [3.05, 3.63) is 46.3 Å².